The molecule has 4 rings (SSSR count). The maximum atomic E-state index is 12.4. The molecule has 0 spiro atoms. The van der Waals surface area contributed by atoms with Crippen molar-refractivity contribution in [2.75, 3.05) is 13.1 Å². The molecule has 0 radical (unpaired) electrons. The van der Waals surface area contributed by atoms with E-state index in [1.165, 1.54) is 25.7 Å². The number of benzene rings is 1. The van der Waals surface area contributed by atoms with Crippen LogP contribution in [0.15, 0.2) is 41.2 Å². The summed E-state index contributed by atoms with van der Waals surface area (Å²) in [6.07, 6.45) is 11.7. The largest absolute Gasteiger partial charge is 0.326 e. The van der Waals surface area contributed by atoms with Crippen LogP contribution < -0.4 is 5.69 Å². The van der Waals surface area contributed by atoms with E-state index in [1.807, 2.05) is 22.8 Å². The third-order valence-corrected chi connectivity index (χ3v) is 6.08. The summed E-state index contributed by atoms with van der Waals surface area (Å²) in [4.78, 5) is 18.1. The average molecular weight is 325 g/mol. The van der Waals surface area contributed by atoms with Crippen LogP contribution in [-0.4, -0.2) is 33.1 Å². The second-order valence-corrected chi connectivity index (χ2v) is 7.58. The molecule has 1 saturated heterocycles. The predicted molar refractivity (Wildman–Crippen MR) is 98.4 cm³/mol. The van der Waals surface area contributed by atoms with Gasteiger partial charge in [0.05, 0.1) is 11.0 Å². The van der Waals surface area contributed by atoms with Crippen LogP contribution in [0.25, 0.3) is 11.0 Å². The quantitative estimate of drug-likeness (QED) is 0.852. The maximum absolute atomic E-state index is 12.4. The van der Waals surface area contributed by atoms with Gasteiger partial charge in [0.15, 0.2) is 0 Å². The Kier molecular flexibility index (Phi) is 4.09. The van der Waals surface area contributed by atoms with Gasteiger partial charge in [-0.25, -0.2) is 4.79 Å². The Morgan fingerprint density at radius 3 is 2.46 bits per heavy atom. The second kappa shape index (κ2) is 6.25. The van der Waals surface area contributed by atoms with E-state index in [0.29, 0.717) is 11.6 Å². The van der Waals surface area contributed by atoms with Gasteiger partial charge in [0.1, 0.15) is 0 Å². The first-order chi connectivity index (χ1) is 11.7. The summed E-state index contributed by atoms with van der Waals surface area (Å²) in [5.74, 6) is 0. The Morgan fingerprint density at radius 2 is 1.75 bits per heavy atom. The summed E-state index contributed by atoms with van der Waals surface area (Å²) in [6, 6.07) is 8.35. The third kappa shape index (κ3) is 2.73. The lowest BCUT2D eigenvalue weighted by molar-refractivity contribution is 0.0534. The molecule has 2 aliphatic rings. The van der Waals surface area contributed by atoms with E-state index in [0.717, 1.165) is 37.0 Å². The van der Waals surface area contributed by atoms with Gasteiger partial charge >= 0.3 is 5.69 Å². The second-order valence-electron chi connectivity index (χ2n) is 7.58. The monoisotopic (exact) mass is 325 g/mol. The Balaban J connectivity index is 1.51. The first-order valence-corrected chi connectivity index (χ1v) is 9.27. The van der Waals surface area contributed by atoms with Gasteiger partial charge in [0.2, 0.25) is 0 Å². The van der Waals surface area contributed by atoms with Crippen LogP contribution in [-0.2, 0) is 0 Å². The summed E-state index contributed by atoms with van der Waals surface area (Å²) >= 11 is 0. The van der Waals surface area contributed by atoms with Crippen molar-refractivity contribution in [1.29, 1.82) is 0 Å². The third-order valence-electron chi connectivity index (χ3n) is 6.08. The molecule has 2 aromatic rings. The highest BCUT2D eigenvalue weighted by Crippen LogP contribution is 2.34. The summed E-state index contributed by atoms with van der Waals surface area (Å²) in [7, 11) is 0. The van der Waals surface area contributed by atoms with Crippen LogP contribution in [0.4, 0.5) is 0 Å². The number of imidazole rings is 1. The van der Waals surface area contributed by atoms with Crippen molar-refractivity contribution in [3.8, 4) is 0 Å². The van der Waals surface area contributed by atoms with Gasteiger partial charge in [-0.1, -0.05) is 24.3 Å². The highest BCUT2D eigenvalue weighted by atomic mass is 16.1. The van der Waals surface area contributed by atoms with Crippen LogP contribution in [0.1, 0.15) is 51.5 Å². The molecule has 24 heavy (non-hydrogen) atoms. The fraction of sp³-hybridized carbons (Fsp3) is 0.550. The van der Waals surface area contributed by atoms with E-state index in [4.69, 9.17) is 0 Å². The van der Waals surface area contributed by atoms with Crippen molar-refractivity contribution < 1.29 is 0 Å². The minimum Gasteiger partial charge on any atom is -0.306 e. The van der Waals surface area contributed by atoms with Gasteiger partial charge < -0.3 is 4.98 Å². The number of hydrogen-bond acceptors (Lipinski definition) is 2. The number of rotatable bonds is 2. The lowest BCUT2D eigenvalue weighted by Gasteiger charge is -2.45. The van der Waals surface area contributed by atoms with Crippen LogP contribution in [0, 0.1) is 0 Å². The normalized spacial score (nSPS) is 22.7. The van der Waals surface area contributed by atoms with Crippen LogP contribution in [0.3, 0.4) is 0 Å². The summed E-state index contributed by atoms with van der Waals surface area (Å²) < 4.78 is 1.99. The number of nitrogens with zero attached hydrogens (tertiary/aromatic N) is 2. The van der Waals surface area contributed by atoms with Crippen molar-refractivity contribution >= 4 is 11.0 Å². The van der Waals surface area contributed by atoms with Gasteiger partial charge in [-0.05, 0) is 57.6 Å². The van der Waals surface area contributed by atoms with E-state index < -0.39 is 0 Å². The zero-order chi connectivity index (χ0) is 16.6. The summed E-state index contributed by atoms with van der Waals surface area (Å²) in [6.45, 7) is 4.61. The Hall–Kier alpha value is -1.81. The minimum atomic E-state index is 0.0412. The number of fused-ring (bicyclic) bond motifs is 1. The SMILES string of the molecule is CC1(N2CCC(n3c(=O)[nH]c4ccccc43)CC2)CCC=CCC1. The maximum Gasteiger partial charge on any atom is 0.326 e. The van der Waals surface area contributed by atoms with Crippen molar-refractivity contribution in [3.63, 3.8) is 0 Å². The Labute approximate surface area is 143 Å². The lowest BCUT2D eigenvalue weighted by atomic mass is 9.87. The lowest BCUT2D eigenvalue weighted by Crippen LogP contribution is -2.50. The first kappa shape index (κ1) is 15.7. The molecule has 0 bridgehead atoms. The smallest absolute Gasteiger partial charge is 0.306 e. The number of H-pyrrole nitrogens is 1. The van der Waals surface area contributed by atoms with Crippen molar-refractivity contribution in [2.24, 2.45) is 0 Å². The van der Waals surface area contributed by atoms with Gasteiger partial charge in [-0.3, -0.25) is 9.47 Å². The van der Waals surface area contributed by atoms with E-state index in [9.17, 15) is 4.79 Å². The first-order valence-electron chi connectivity index (χ1n) is 9.27. The van der Waals surface area contributed by atoms with Crippen LogP contribution in [0.5, 0.6) is 0 Å². The average Bonchev–Trinajstić information content (AvgIpc) is 2.77. The zero-order valence-electron chi connectivity index (χ0n) is 14.5. The molecular weight excluding hydrogens is 298 g/mol. The van der Waals surface area contributed by atoms with E-state index in [1.54, 1.807) is 0 Å². The molecule has 1 aromatic carbocycles. The fourth-order valence-corrected chi connectivity index (χ4v) is 4.57. The number of nitrogens with one attached hydrogen (secondary N) is 1. The zero-order valence-corrected chi connectivity index (χ0v) is 14.5. The molecule has 0 amide bonds. The summed E-state index contributed by atoms with van der Waals surface area (Å²) in [5.41, 5.74) is 2.36. The topological polar surface area (TPSA) is 41.0 Å². The highest BCUT2D eigenvalue weighted by Gasteiger charge is 2.34. The molecule has 1 aromatic heterocycles. The number of allylic oxidation sites excluding steroid dienone is 2. The van der Waals surface area contributed by atoms with Gasteiger partial charge in [0, 0.05) is 24.7 Å². The molecule has 1 N–H and O–H groups in total. The summed E-state index contributed by atoms with van der Waals surface area (Å²) in [5, 5.41) is 0. The molecule has 0 saturated carbocycles. The molecule has 1 aliphatic carbocycles. The minimum absolute atomic E-state index is 0.0412. The number of aromatic amines is 1. The number of likely N-dealkylation sites (tertiary alicyclic amines) is 1. The standard InChI is InChI=1S/C20H27N3O/c1-20(12-6-2-3-7-13-20)22-14-10-16(11-15-22)23-18-9-5-4-8-17(18)21-19(23)24/h2-5,8-9,16H,6-7,10-15H2,1H3,(H,21,24). The number of hydrogen-bond donors (Lipinski definition) is 1. The van der Waals surface area contributed by atoms with E-state index >= 15 is 0 Å². The number of piperidine rings is 1. The van der Waals surface area contributed by atoms with Crippen molar-refractivity contribution in [2.45, 2.75) is 57.0 Å². The number of para-hydroxylation sites is 2. The molecule has 1 fully saturated rings. The molecule has 2 heterocycles. The Bertz CT molecular complexity index is 783. The van der Waals surface area contributed by atoms with Crippen molar-refractivity contribution in [1.82, 2.24) is 14.5 Å². The highest BCUT2D eigenvalue weighted by molar-refractivity contribution is 5.75. The molecule has 4 nitrogen and oxygen atoms in total. The van der Waals surface area contributed by atoms with E-state index in [2.05, 4.69) is 35.0 Å². The predicted octanol–water partition coefficient (Wildman–Crippen LogP) is 3.86. The number of aromatic nitrogens is 2. The Morgan fingerprint density at radius 1 is 1.08 bits per heavy atom. The molecule has 128 valence electrons. The fourth-order valence-electron chi connectivity index (χ4n) is 4.57. The van der Waals surface area contributed by atoms with Gasteiger partial charge in [-0.15, -0.1) is 0 Å². The molecule has 0 unspecified atom stereocenters. The van der Waals surface area contributed by atoms with E-state index in [-0.39, 0.29) is 5.69 Å². The molecule has 4 heteroatoms. The molecule has 1 aliphatic heterocycles. The van der Waals surface area contributed by atoms with Crippen LogP contribution in [0.2, 0.25) is 0 Å². The van der Waals surface area contributed by atoms with Gasteiger partial charge in [-0.2, -0.15) is 0 Å². The molecular formula is C20H27N3O. The van der Waals surface area contributed by atoms with Gasteiger partial charge in [0.25, 0.3) is 0 Å². The van der Waals surface area contributed by atoms with Crippen LogP contribution >= 0.6 is 0 Å². The molecule has 0 atom stereocenters. The van der Waals surface area contributed by atoms with Crippen molar-refractivity contribution in [3.05, 3.63) is 46.9 Å².